The first-order valence-electron chi connectivity index (χ1n) is 16.5. The summed E-state index contributed by atoms with van der Waals surface area (Å²) >= 11 is 0. The summed E-state index contributed by atoms with van der Waals surface area (Å²) in [4.78, 5) is 54.8. The number of amides is 1. The second kappa shape index (κ2) is 11.3. The van der Waals surface area contributed by atoms with Gasteiger partial charge in [0.25, 0.3) is 17.0 Å². The fraction of sp³-hybridized carbons (Fsp3) is 0.270. The highest BCUT2D eigenvalue weighted by molar-refractivity contribution is 6.71. The Hall–Kier alpha value is -5.01. The predicted octanol–water partition coefficient (Wildman–Crippen LogP) is 4.68. The summed E-state index contributed by atoms with van der Waals surface area (Å²) in [6, 6.07) is 27.6. The lowest BCUT2D eigenvalue weighted by molar-refractivity contribution is -0.146. The minimum atomic E-state index is -2.91. The van der Waals surface area contributed by atoms with Crippen LogP contribution in [0.1, 0.15) is 24.5 Å². The van der Waals surface area contributed by atoms with Gasteiger partial charge in [-0.2, -0.15) is 0 Å². The summed E-state index contributed by atoms with van der Waals surface area (Å²) < 4.78 is 9.78. The van der Waals surface area contributed by atoms with Gasteiger partial charge in [0.05, 0.1) is 51.5 Å². The molecule has 1 spiro atoms. The fourth-order valence-corrected chi connectivity index (χ4v) is 10.8. The fourth-order valence-electron chi connectivity index (χ4n) is 8.22. The minimum Gasteiger partial charge on any atom is -0.432 e. The summed E-state index contributed by atoms with van der Waals surface area (Å²) in [5.41, 5.74) is 2.47. The number of carbonyl (C=O) groups excluding carboxylic acids is 1. The summed E-state index contributed by atoms with van der Waals surface area (Å²) in [5.74, 6) is -0.703. The number of nitrogens with zero attached hydrogens (tertiary/aromatic N) is 3. The minimum absolute atomic E-state index is 0.149. The normalized spacial score (nSPS) is 22.2. The Bertz CT molecular complexity index is 2380. The Morgan fingerprint density at radius 1 is 0.816 bits per heavy atom. The van der Waals surface area contributed by atoms with Gasteiger partial charge in [-0.15, -0.1) is 0 Å². The van der Waals surface area contributed by atoms with Crippen molar-refractivity contribution in [3.8, 4) is 11.4 Å². The number of aliphatic hydroxyl groups is 1. The van der Waals surface area contributed by atoms with E-state index in [1.165, 1.54) is 9.36 Å². The van der Waals surface area contributed by atoms with Crippen molar-refractivity contribution in [2.24, 2.45) is 5.92 Å². The van der Waals surface area contributed by atoms with Crippen molar-refractivity contribution < 1.29 is 19.4 Å². The number of aliphatic hydroxyl groups excluding tert-OH is 1. The molecule has 250 valence electrons. The number of anilines is 1. The lowest BCUT2D eigenvalue weighted by Crippen LogP contribution is -2.46. The van der Waals surface area contributed by atoms with E-state index in [4.69, 9.17) is 4.74 Å². The molecular weight excluding hydrogens is 639 g/mol. The zero-order chi connectivity index (χ0) is 34.2. The number of aromatic nitrogens is 4. The van der Waals surface area contributed by atoms with E-state index in [9.17, 15) is 24.3 Å². The van der Waals surface area contributed by atoms with Crippen LogP contribution in [0.15, 0.2) is 101 Å². The average molecular weight is 676 g/mol. The van der Waals surface area contributed by atoms with Crippen molar-refractivity contribution in [1.29, 1.82) is 0 Å². The SMILES string of the molecule is C[C@@H]1[C@@H]([Si](C)(C)O)[C@H](CCO)O[C@@]12C(=O)N(Cc1cccc(-n3[nH]c4ccccc4c3=O)c1)c1ccc(-n3[nH]c4ccccc4c3=O)cc12. The third-order valence-corrected chi connectivity index (χ3v) is 12.8. The summed E-state index contributed by atoms with van der Waals surface area (Å²) in [6.07, 6.45) is -0.265. The molecule has 4 atom stereocenters. The highest BCUT2D eigenvalue weighted by Gasteiger charge is 2.66. The number of nitrogens with one attached hydrogen (secondary N) is 2. The van der Waals surface area contributed by atoms with E-state index in [0.29, 0.717) is 38.9 Å². The van der Waals surface area contributed by atoms with E-state index in [1.807, 2.05) is 98.9 Å². The number of aromatic amines is 2. The number of para-hydroxylation sites is 2. The molecule has 8 rings (SSSR count). The number of hydrogen-bond donors (Lipinski definition) is 4. The van der Waals surface area contributed by atoms with Gasteiger partial charge in [0.1, 0.15) is 0 Å². The molecule has 0 aliphatic carbocycles. The monoisotopic (exact) mass is 675 g/mol. The molecule has 0 saturated carbocycles. The van der Waals surface area contributed by atoms with Crippen molar-refractivity contribution in [3.63, 3.8) is 0 Å². The van der Waals surface area contributed by atoms with Crippen molar-refractivity contribution >= 4 is 41.7 Å². The van der Waals surface area contributed by atoms with Gasteiger partial charge >= 0.3 is 0 Å². The molecule has 4 heterocycles. The number of fused-ring (bicyclic) bond motifs is 4. The van der Waals surface area contributed by atoms with E-state index < -0.39 is 25.9 Å². The molecule has 4 aromatic carbocycles. The van der Waals surface area contributed by atoms with E-state index in [2.05, 4.69) is 10.2 Å². The van der Waals surface area contributed by atoms with Gasteiger partial charge in [-0.3, -0.25) is 24.6 Å². The van der Waals surface area contributed by atoms with E-state index >= 15 is 0 Å². The van der Waals surface area contributed by atoms with Crippen molar-refractivity contribution in [1.82, 2.24) is 19.6 Å². The maximum Gasteiger partial charge on any atom is 0.279 e. The van der Waals surface area contributed by atoms with Gasteiger partial charge in [0, 0.05) is 23.6 Å². The summed E-state index contributed by atoms with van der Waals surface area (Å²) in [7, 11) is -2.91. The van der Waals surface area contributed by atoms with Crippen LogP contribution in [-0.4, -0.2) is 56.4 Å². The third kappa shape index (κ3) is 4.70. The van der Waals surface area contributed by atoms with Crippen molar-refractivity contribution in [2.45, 2.75) is 50.2 Å². The van der Waals surface area contributed by atoms with Crippen LogP contribution in [-0.2, 0) is 21.7 Å². The van der Waals surface area contributed by atoms with Crippen LogP contribution in [0.4, 0.5) is 5.69 Å². The lowest BCUT2D eigenvalue weighted by atomic mass is 9.82. The Balaban J connectivity index is 1.26. The maximum absolute atomic E-state index is 14.9. The quantitative estimate of drug-likeness (QED) is 0.181. The first-order valence-corrected chi connectivity index (χ1v) is 19.5. The van der Waals surface area contributed by atoms with Gasteiger partial charge in [-0.05, 0) is 79.7 Å². The largest absolute Gasteiger partial charge is 0.432 e. The Morgan fingerprint density at radius 2 is 1.43 bits per heavy atom. The number of H-pyrrole nitrogens is 2. The number of rotatable bonds is 7. The van der Waals surface area contributed by atoms with Crippen LogP contribution < -0.4 is 16.0 Å². The lowest BCUT2D eigenvalue weighted by Gasteiger charge is -2.32. The van der Waals surface area contributed by atoms with Crippen LogP contribution in [0.25, 0.3) is 33.2 Å². The number of ether oxygens (including phenoxy) is 1. The molecule has 11 nitrogen and oxygen atoms in total. The van der Waals surface area contributed by atoms with Crippen molar-refractivity contribution in [3.05, 3.63) is 123 Å². The average Bonchev–Trinajstić information content (AvgIpc) is 3.77. The van der Waals surface area contributed by atoms with Gasteiger partial charge < -0.3 is 19.5 Å². The smallest absolute Gasteiger partial charge is 0.279 e. The highest BCUT2D eigenvalue weighted by Crippen LogP contribution is 2.60. The standard InChI is InChI=1S/C37H37N5O6Si/c1-22-33(49(2,3)47)32(17-18-43)48-37(22)28-20-25(42-35(45)27-12-5-7-14-30(27)39-42)15-16-31(28)40(36(37)46)21-23-9-8-10-24(19-23)41-34(44)26-11-4-6-13-29(26)38-41/h4-16,19-20,22,32-33,38-39,43,47H,17-18,21H2,1-3H3/t22-,32+,33-,37+/m1/s1. The molecule has 0 radical (unpaired) electrons. The molecule has 2 aliphatic rings. The van der Waals surface area contributed by atoms with E-state index in [-0.39, 0.29) is 42.1 Å². The Morgan fingerprint density at radius 3 is 2.02 bits per heavy atom. The number of carbonyl (C=O) groups is 1. The second-order valence-corrected chi connectivity index (χ2v) is 17.7. The second-order valence-electron chi connectivity index (χ2n) is 13.7. The van der Waals surface area contributed by atoms with Crippen LogP contribution in [0.2, 0.25) is 18.6 Å². The topological polar surface area (TPSA) is 146 Å². The molecule has 4 N–H and O–H groups in total. The zero-order valence-corrected chi connectivity index (χ0v) is 28.4. The molecule has 1 fully saturated rings. The molecule has 2 aliphatic heterocycles. The van der Waals surface area contributed by atoms with E-state index in [1.54, 1.807) is 17.0 Å². The molecule has 49 heavy (non-hydrogen) atoms. The molecule has 1 saturated heterocycles. The first kappa shape index (κ1) is 31.3. The third-order valence-electron chi connectivity index (χ3n) is 10.3. The molecule has 0 bridgehead atoms. The van der Waals surface area contributed by atoms with Crippen LogP contribution in [0, 0.1) is 5.92 Å². The zero-order valence-electron chi connectivity index (χ0n) is 27.4. The molecule has 2 aromatic heterocycles. The van der Waals surface area contributed by atoms with Crippen LogP contribution in [0.5, 0.6) is 0 Å². The molecule has 0 unspecified atom stereocenters. The van der Waals surface area contributed by atoms with Gasteiger partial charge in [0.2, 0.25) is 0 Å². The van der Waals surface area contributed by atoms with Gasteiger partial charge in [0.15, 0.2) is 13.9 Å². The molecule has 1 amide bonds. The summed E-state index contributed by atoms with van der Waals surface area (Å²) in [6.45, 7) is 5.67. The summed E-state index contributed by atoms with van der Waals surface area (Å²) in [5, 5.41) is 17.5. The molecular formula is C37H37N5O6Si. The number of benzene rings is 4. The Kier molecular flexibility index (Phi) is 7.19. The van der Waals surface area contributed by atoms with E-state index in [0.717, 1.165) is 11.1 Å². The van der Waals surface area contributed by atoms with Crippen LogP contribution in [0.3, 0.4) is 0 Å². The molecule has 12 heteroatoms. The maximum atomic E-state index is 14.9. The first-order chi connectivity index (χ1) is 23.5. The van der Waals surface area contributed by atoms with Crippen molar-refractivity contribution in [2.75, 3.05) is 11.5 Å². The van der Waals surface area contributed by atoms with Gasteiger partial charge in [-0.1, -0.05) is 43.3 Å². The highest BCUT2D eigenvalue weighted by atomic mass is 28.4. The van der Waals surface area contributed by atoms with Crippen LogP contribution >= 0.6 is 0 Å². The number of hydrogen-bond acceptors (Lipinski definition) is 6. The predicted molar refractivity (Wildman–Crippen MR) is 190 cm³/mol. The molecule has 6 aromatic rings. The Labute approximate surface area is 282 Å². The van der Waals surface area contributed by atoms with Gasteiger partial charge in [-0.25, -0.2) is 9.36 Å².